The Balaban J connectivity index is 1.38. The largest absolute Gasteiger partial charge is 0.353 e. The van der Waals surface area contributed by atoms with Crippen LogP contribution in [-0.4, -0.2) is 60.0 Å². The lowest BCUT2D eigenvalue weighted by atomic mass is 10.1. The van der Waals surface area contributed by atoms with E-state index in [1.54, 1.807) is 0 Å². The van der Waals surface area contributed by atoms with Crippen molar-refractivity contribution in [2.45, 2.75) is 39.5 Å². The highest BCUT2D eigenvalue weighted by Gasteiger charge is 2.23. The van der Waals surface area contributed by atoms with Gasteiger partial charge in [-0.3, -0.25) is 4.79 Å². The number of hydrogen-bond acceptors (Lipinski definition) is 5. The van der Waals surface area contributed by atoms with Crippen LogP contribution < -0.4 is 9.80 Å². The first-order valence-corrected chi connectivity index (χ1v) is 10.8. The molecule has 2 aliphatic rings. The summed E-state index contributed by atoms with van der Waals surface area (Å²) in [6, 6.07) is 10.3. The van der Waals surface area contributed by atoms with Crippen LogP contribution in [0, 0.1) is 13.8 Å². The number of rotatable bonds is 4. The first-order valence-electron chi connectivity index (χ1n) is 10.8. The summed E-state index contributed by atoms with van der Waals surface area (Å²) in [7, 11) is 0. The average molecular weight is 394 g/mol. The van der Waals surface area contributed by atoms with E-state index in [0.717, 1.165) is 62.3 Å². The van der Waals surface area contributed by atoms with Crippen LogP contribution in [0.25, 0.3) is 0 Å². The molecule has 0 spiro atoms. The van der Waals surface area contributed by atoms with Gasteiger partial charge in [-0.15, -0.1) is 0 Å². The van der Waals surface area contributed by atoms with Crippen LogP contribution in [0.5, 0.6) is 0 Å². The molecular formula is C23H31N5O. The van der Waals surface area contributed by atoms with Crippen molar-refractivity contribution in [3.63, 3.8) is 0 Å². The minimum atomic E-state index is 0.211. The number of carbonyl (C=O) groups excluding carboxylic acids is 1. The monoisotopic (exact) mass is 393 g/mol. The zero-order chi connectivity index (χ0) is 20.2. The average Bonchev–Trinajstić information content (AvgIpc) is 2.74. The quantitative estimate of drug-likeness (QED) is 0.799. The van der Waals surface area contributed by atoms with Crippen LogP contribution in [0.1, 0.15) is 36.1 Å². The molecule has 1 aromatic carbocycles. The lowest BCUT2D eigenvalue weighted by Gasteiger charge is -2.36. The number of piperidine rings is 1. The summed E-state index contributed by atoms with van der Waals surface area (Å²) in [4.78, 5) is 28.8. The Kier molecular flexibility index (Phi) is 5.97. The van der Waals surface area contributed by atoms with Gasteiger partial charge < -0.3 is 14.7 Å². The number of amides is 1. The first kappa shape index (κ1) is 19.7. The zero-order valence-corrected chi connectivity index (χ0v) is 17.6. The van der Waals surface area contributed by atoms with Crippen LogP contribution in [0.15, 0.2) is 30.3 Å². The molecule has 154 valence electrons. The van der Waals surface area contributed by atoms with E-state index < -0.39 is 0 Å². The molecule has 2 aromatic rings. The first-order chi connectivity index (χ1) is 14.1. The van der Waals surface area contributed by atoms with E-state index in [0.29, 0.717) is 6.42 Å². The Hall–Kier alpha value is -2.63. The molecule has 0 radical (unpaired) electrons. The minimum Gasteiger partial charge on any atom is -0.353 e. The van der Waals surface area contributed by atoms with E-state index in [1.165, 1.54) is 24.8 Å². The zero-order valence-electron chi connectivity index (χ0n) is 17.6. The van der Waals surface area contributed by atoms with Gasteiger partial charge in [0.15, 0.2) is 0 Å². The number of aryl methyl sites for hydroxylation is 2. The van der Waals surface area contributed by atoms with Gasteiger partial charge in [-0.1, -0.05) is 29.8 Å². The molecule has 0 saturated carbocycles. The third-order valence-electron chi connectivity index (χ3n) is 5.86. The number of piperazine rings is 1. The van der Waals surface area contributed by atoms with Crippen molar-refractivity contribution in [1.82, 2.24) is 14.9 Å². The van der Waals surface area contributed by atoms with Crippen molar-refractivity contribution in [3.8, 4) is 0 Å². The maximum Gasteiger partial charge on any atom is 0.227 e. The summed E-state index contributed by atoms with van der Waals surface area (Å²) in [5.41, 5.74) is 3.30. The molecule has 6 heteroatoms. The summed E-state index contributed by atoms with van der Waals surface area (Å²) < 4.78 is 0. The normalized spacial score (nSPS) is 17.5. The second-order valence-electron chi connectivity index (χ2n) is 8.25. The predicted octanol–water partition coefficient (Wildman–Crippen LogP) is 2.98. The van der Waals surface area contributed by atoms with Gasteiger partial charge in [0.05, 0.1) is 6.42 Å². The van der Waals surface area contributed by atoms with Crippen LogP contribution in [0.2, 0.25) is 0 Å². The molecule has 0 aliphatic carbocycles. The van der Waals surface area contributed by atoms with Gasteiger partial charge in [-0.05, 0) is 38.7 Å². The van der Waals surface area contributed by atoms with Gasteiger partial charge in [0, 0.05) is 51.0 Å². The van der Waals surface area contributed by atoms with Gasteiger partial charge in [0.25, 0.3) is 0 Å². The summed E-state index contributed by atoms with van der Waals surface area (Å²) in [6.45, 7) is 9.31. The van der Waals surface area contributed by atoms with Crippen molar-refractivity contribution < 1.29 is 4.79 Å². The third kappa shape index (κ3) is 4.86. The van der Waals surface area contributed by atoms with Crippen LogP contribution in [0.3, 0.4) is 0 Å². The second-order valence-corrected chi connectivity index (χ2v) is 8.25. The van der Waals surface area contributed by atoms with Gasteiger partial charge in [0.1, 0.15) is 5.82 Å². The van der Waals surface area contributed by atoms with Crippen molar-refractivity contribution in [3.05, 3.63) is 47.2 Å². The molecule has 0 N–H and O–H groups in total. The molecule has 2 fully saturated rings. The molecule has 0 unspecified atom stereocenters. The van der Waals surface area contributed by atoms with E-state index in [9.17, 15) is 4.79 Å². The Morgan fingerprint density at radius 1 is 0.897 bits per heavy atom. The molecule has 29 heavy (non-hydrogen) atoms. The van der Waals surface area contributed by atoms with Gasteiger partial charge in [0.2, 0.25) is 11.9 Å². The number of nitrogens with zero attached hydrogens (tertiary/aromatic N) is 5. The summed E-state index contributed by atoms with van der Waals surface area (Å²) in [5.74, 6) is 2.06. The van der Waals surface area contributed by atoms with E-state index >= 15 is 0 Å². The maximum absolute atomic E-state index is 12.7. The van der Waals surface area contributed by atoms with Crippen LogP contribution in [-0.2, 0) is 11.2 Å². The Bertz CT molecular complexity index is 854. The van der Waals surface area contributed by atoms with Gasteiger partial charge in [-0.2, -0.15) is 4.98 Å². The van der Waals surface area contributed by atoms with Crippen LogP contribution in [0.4, 0.5) is 11.8 Å². The van der Waals surface area contributed by atoms with Crippen molar-refractivity contribution >= 4 is 17.7 Å². The standard InChI is InChI=1S/C23H31N5O/c1-18-7-6-8-20(15-18)17-22(29)27-13-11-26(12-14-27)21-16-19(2)24-23(25-21)28-9-4-3-5-10-28/h6-8,15-16H,3-5,9-14,17H2,1-2H3. The summed E-state index contributed by atoms with van der Waals surface area (Å²) in [6.07, 6.45) is 4.21. The number of benzene rings is 1. The highest BCUT2D eigenvalue weighted by atomic mass is 16.2. The highest BCUT2D eigenvalue weighted by Crippen LogP contribution is 2.22. The fourth-order valence-electron chi connectivity index (χ4n) is 4.23. The van der Waals surface area contributed by atoms with Crippen molar-refractivity contribution in [2.24, 2.45) is 0 Å². The molecule has 0 atom stereocenters. The number of carbonyl (C=O) groups is 1. The van der Waals surface area contributed by atoms with Crippen molar-refractivity contribution in [1.29, 1.82) is 0 Å². The lowest BCUT2D eigenvalue weighted by molar-refractivity contribution is -0.130. The Morgan fingerprint density at radius 2 is 1.66 bits per heavy atom. The summed E-state index contributed by atoms with van der Waals surface area (Å²) in [5, 5.41) is 0. The molecule has 2 aliphatic heterocycles. The van der Waals surface area contributed by atoms with E-state index in [1.807, 2.05) is 24.0 Å². The number of anilines is 2. The fourth-order valence-corrected chi connectivity index (χ4v) is 4.23. The molecule has 3 heterocycles. The topological polar surface area (TPSA) is 52.6 Å². The maximum atomic E-state index is 12.7. The Morgan fingerprint density at radius 3 is 2.38 bits per heavy atom. The van der Waals surface area contributed by atoms with Gasteiger partial charge in [-0.25, -0.2) is 4.98 Å². The van der Waals surface area contributed by atoms with Gasteiger partial charge >= 0.3 is 0 Å². The Labute approximate surface area is 173 Å². The summed E-state index contributed by atoms with van der Waals surface area (Å²) >= 11 is 0. The van der Waals surface area contributed by atoms with E-state index in [4.69, 9.17) is 4.98 Å². The second kappa shape index (κ2) is 8.80. The molecule has 1 aromatic heterocycles. The smallest absolute Gasteiger partial charge is 0.227 e. The third-order valence-corrected chi connectivity index (χ3v) is 5.86. The number of aromatic nitrogens is 2. The molecule has 6 nitrogen and oxygen atoms in total. The SMILES string of the molecule is Cc1cccc(CC(=O)N2CCN(c3cc(C)nc(N4CCCCC4)n3)CC2)c1. The fraction of sp³-hybridized carbons (Fsp3) is 0.522. The van der Waals surface area contributed by atoms with E-state index in [2.05, 4.69) is 39.9 Å². The van der Waals surface area contributed by atoms with Crippen molar-refractivity contribution in [2.75, 3.05) is 49.1 Å². The predicted molar refractivity (Wildman–Crippen MR) is 117 cm³/mol. The minimum absolute atomic E-state index is 0.211. The molecule has 1 amide bonds. The molecule has 0 bridgehead atoms. The molecular weight excluding hydrogens is 362 g/mol. The lowest BCUT2D eigenvalue weighted by Crippen LogP contribution is -2.49. The highest BCUT2D eigenvalue weighted by molar-refractivity contribution is 5.79. The van der Waals surface area contributed by atoms with Crippen LogP contribution >= 0.6 is 0 Å². The molecule has 2 saturated heterocycles. The number of hydrogen-bond donors (Lipinski definition) is 0. The van der Waals surface area contributed by atoms with E-state index in [-0.39, 0.29) is 5.91 Å². The molecule has 4 rings (SSSR count).